The zero-order valence-corrected chi connectivity index (χ0v) is 18.6. The number of pyridine rings is 1. The number of halogens is 1. The van der Waals surface area contributed by atoms with Crippen LogP contribution in [0, 0.1) is 0 Å². The van der Waals surface area contributed by atoms with Gasteiger partial charge in [-0.25, -0.2) is 0 Å². The minimum Gasteiger partial charge on any atom is -0.361 e. The third kappa shape index (κ3) is 3.82. The highest BCUT2D eigenvalue weighted by atomic mass is 35.5. The SMILES string of the molecule is CN1C=C(CN2CCN(C3c4ccc(Cl)cc4CCc4cccnc43)CC2)N(C)C1. The highest BCUT2D eigenvalue weighted by molar-refractivity contribution is 6.30. The number of hydrogen-bond donors (Lipinski definition) is 0. The van der Waals surface area contributed by atoms with Crippen molar-refractivity contribution in [2.75, 3.05) is 53.5 Å². The van der Waals surface area contributed by atoms with E-state index in [0.29, 0.717) is 0 Å². The van der Waals surface area contributed by atoms with Gasteiger partial charge in [0.1, 0.15) is 0 Å². The Morgan fingerprint density at radius 3 is 2.60 bits per heavy atom. The summed E-state index contributed by atoms with van der Waals surface area (Å²) in [5.41, 5.74) is 6.76. The van der Waals surface area contributed by atoms with E-state index >= 15 is 0 Å². The van der Waals surface area contributed by atoms with Crippen LogP contribution in [0.15, 0.2) is 48.4 Å². The number of fused-ring (bicyclic) bond motifs is 2. The van der Waals surface area contributed by atoms with Crippen molar-refractivity contribution in [3.8, 4) is 0 Å². The van der Waals surface area contributed by atoms with Gasteiger partial charge >= 0.3 is 0 Å². The van der Waals surface area contributed by atoms with E-state index in [1.54, 1.807) is 0 Å². The van der Waals surface area contributed by atoms with Crippen molar-refractivity contribution < 1.29 is 0 Å². The molecular weight excluding hydrogens is 394 g/mol. The van der Waals surface area contributed by atoms with Crippen LogP contribution in [0.3, 0.4) is 0 Å². The van der Waals surface area contributed by atoms with E-state index in [-0.39, 0.29) is 6.04 Å². The lowest BCUT2D eigenvalue weighted by molar-refractivity contribution is 0.110. The van der Waals surface area contributed by atoms with Crippen molar-refractivity contribution >= 4 is 11.6 Å². The molecule has 3 aliphatic rings. The van der Waals surface area contributed by atoms with Crippen LogP contribution in [0.1, 0.15) is 28.4 Å². The first kappa shape index (κ1) is 19.9. The third-order valence-electron chi connectivity index (χ3n) is 6.70. The maximum atomic E-state index is 6.35. The molecule has 6 heteroatoms. The Kier molecular flexibility index (Phi) is 5.44. The number of rotatable bonds is 3. The van der Waals surface area contributed by atoms with Crippen molar-refractivity contribution in [3.63, 3.8) is 0 Å². The fourth-order valence-corrected chi connectivity index (χ4v) is 5.34. The number of nitrogens with zero attached hydrogens (tertiary/aromatic N) is 5. The van der Waals surface area contributed by atoms with Gasteiger partial charge in [-0.1, -0.05) is 23.7 Å². The van der Waals surface area contributed by atoms with Gasteiger partial charge in [0, 0.05) is 69.9 Å². The number of likely N-dealkylation sites (N-methyl/N-ethyl adjacent to an activating group) is 1. The van der Waals surface area contributed by atoms with Crippen LogP contribution >= 0.6 is 11.6 Å². The number of piperazine rings is 1. The van der Waals surface area contributed by atoms with Gasteiger partial charge in [0.25, 0.3) is 0 Å². The van der Waals surface area contributed by atoms with Crippen LogP contribution in [0.25, 0.3) is 0 Å². The Morgan fingerprint density at radius 1 is 1.03 bits per heavy atom. The lowest BCUT2D eigenvalue weighted by atomic mass is 9.96. The van der Waals surface area contributed by atoms with Gasteiger partial charge in [0.05, 0.1) is 18.4 Å². The van der Waals surface area contributed by atoms with Crippen LogP contribution in [-0.4, -0.2) is 78.1 Å². The van der Waals surface area contributed by atoms with Crippen LogP contribution in [0.5, 0.6) is 0 Å². The van der Waals surface area contributed by atoms with Gasteiger partial charge < -0.3 is 9.80 Å². The molecule has 1 aliphatic carbocycles. The maximum Gasteiger partial charge on any atom is 0.0890 e. The van der Waals surface area contributed by atoms with Crippen LogP contribution in [0.2, 0.25) is 5.02 Å². The second-order valence-corrected chi connectivity index (χ2v) is 9.26. The molecule has 1 saturated heterocycles. The molecule has 2 aliphatic heterocycles. The van der Waals surface area contributed by atoms with Crippen molar-refractivity contribution in [3.05, 3.63) is 75.8 Å². The minimum absolute atomic E-state index is 0.220. The summed E-state index contributed by atoms with van der Waals surface area (Å²) in [6.45, 7) is 6.28. The van der Waals surface area contributed by atoms with Crippen LogP contribution in [-0.2, 0) is 12.8 Å². The highest BCUT2D eigenvalue weighted by Gasteiger charge is 2.32. The molecule has 0 radical (unpaired) electrons. The summed E-state index contributed by atoms with van der Waals surface area (Å²) >= 11 is 6.35. The number of aromatic nitrogens is 1. The van der Waals surface area contributed by atoms with E-state index in [1.165, 1.54) is 28.1 Å². The molecule has 5 rings (SSSR count). The van der Waals surface area contributed by atoms with Gasteiger partial charge in [-0.05, 0) is 47.7 Å². The van der Waals surface area contributed by atoms with Crippen molar-refractivity contribution in [2.45, 2.75) is 18.9 Å². The Morgan fingerprint density at radius 2 is 1.83 bits per heavy atom. The Labute approximate surface area is 184 Å². The zero-order chi connectivity index (χ0) is 20.7. The van der Waals surface area contributed by atoms with Gasteiger partial charge in [-0.3, -0.25) is 14.8 Å². The first-order valence-corrected chi connectivity index (χ1v) is 11.3. The topological polar surface area (TPSA) is 25.9 Å². The lowest BCUT2D eigenvalue weighted by Crippen LogP contribution is -2.49. The largest absolute Gasteiger partial charge is 0.361 e. The fourth-order valence-electron chi connectivity index (χ4n) is 5.14. The molecule has 3 heterocycles. The van der Waals surface area contributed by atoms with Crippen molar-refractivity contribution in [1.29, 1.82) is 0 Å². The highest BCUT2D eigenvalue weighted by Crippen LogP contribution is 2.37. The summed E-state index contributed by atoms with van der Waals surface area (Å²) in [6.07, 6.45) is 6.28. The van der Waals surface area contributed by atoms with E-state index < -0.39 is 0 Å². The third-order valence-corrected chi connectivity index (χ3v) is 6.94. The van der Waals surface area contributed by atoms with Crippen LogP contribution in [0.4, 0.5) is 0 Å². The molecule has 0 amide bonds. The molecule has 0 bridgehead atoms. The number of benzene rings is 1. The zero-order valence-electron chi connectivity index (χ0n) is 17.9. The van der Waals surface area contributed by atoms with E-state index in [0.717, 1.165) is 57.3 Å². The number of hydrogen-bond acceptors (Lipinski definition) is 5. The summed E-state index contributed by atoms with van der Waals surface area (Å²) in [6, 6.07) is 11.0. The molecule has 1 aromatic heterocycles. The first-order valence-electron chi connectivity index (χ1n) is 10.9. The maximum absolute atomic E-state index is 6.35. The van der Waals surface area contributed by atoms with Crippen LogP contribution < -0.4 is 0 Å². The summed E-state index contributed by atoms with van der Waals surface area (Å²) in [5.74, 6) is 0. The standard InChI is InChI=1S/C24H30ClN5/c1-27-15-21(28(2)17-27)16-29-10-12-30(13-11-29)24-22-8-7-20(25)14-19(22)6-5-18-4-3-9-26-23(18)24/h3-4,7-9,14-15,24H,5-6,10-13,16-17H2,1-2H3. The Bertz CT molecular complexity index is 950. The summed E-state index contributed by atoms with van der Waals surface area (Å²) in [5, 5.41) is 0.829. The van der Waals surface area contributed by atoms with E-state index in [4.69, 9.17) is 16.6 Å². The Hall–Kier alpha value is -2.08. The fraction of sp³-hybridized carbons (Fsp3) is 0.458. The molecule has 1 atom stereocenters. The molecular formula is C24H30ClN5. The second kappa shape index (κ2) is 8.22. The van der Waals surface area contributed by atoms with Gasteiger partial charge in [-0.15, -0.1) is 0 Å². The van der Waals surface area contributed by atoms with E-state index in [2.05, 4.69) is 64.2 Å². The summed E-state index contributed by atoms with van der Waals surface area (Å²) < 4.78 is 0. The molecule has 158 valence electrons. The monoisotopic (exact) mass is 423 g/mol. The summed E-state index contributed by atoms with van der Waals surface area (Å²) in [4.78, 5) is 14.7. The predicted octanol–water partition coefficient (Wildman–Crippen LogP) is 3.22. The Balaban J connectivity index is 1.38. The smallest absolute Gasteiger partial charge is 0.0890 e. The normalized spacial score (nSPS) is 22.5. The quantitative estimate of drug-likeness (QED) is 0.755. The predicted molar refractivity (Wildman–Crippen MR) is 121 cm³/mol. The van der Waals surface area contributed by atoms with Gasteiger partial charge in [-0.2, -0.15) is 0 Å². The minimum atomic E-state index is 0.220. The van der Waals surface area contributed by atoms with E-state index in [1.807, 2.05) is 12.3 Å². The first-order chi connectivity index (χ1) is 14.6. The average Bonchev–Trinajstić information content (AvgIpc) is 2.97. The second-order valence-electron chi connectivity index (χ2n) is 8.82. The molecule has 5 nitrogen and oxygen atoms in total. The molecule has 1 unspecified atom stereocenters. The number of aryl methyl sites for hydroxylation is 2. The molecule has 2 aromatic rings. The molecule has 30 heavy (non-hydrogen) atoms. The molecule has 1 aromatic carbocycles. The van der Waals surface area contributed by atoms with Crippen molar-refractivity contribution in [1.82, 2.24) is 24.6 Å². The molecule has 0 N–H and O–H groups in total. The molecule has 0 saturated carbocycles. The van der Waals surface area contributed by atoms with Gasteiger partial charge in [0.15, 0.2) is 0 Å². The summed E-state index contributed by atoms with van der Waals surface area (Å²) in [7, 11) is 4.32. The van der Waals surface area contributed by atoms with Crippen molar-refractivity contribution in [2.24, 2.45) is 0 Å². The van der Waals surface area contributed by atoms with Gasteiger partial charge in [0.2, 0.25) is 0 Å². The molecule has 0 spiro atoms. The van der Waals surface area contributed by atoms with E-state index in [9.17, 15) is 0 Å². The molecule has 1 fully saturated rings. The average molecular weight is 424 g/mol. The lowest BCUT2D eigenvalue weighted by Gasteiger charge is -2.40.